The number of carbonyl (C=O) groups excluding carboxylic acids is 2. The van der Waals surface area contributed by atoms with Crippen molar-refractivity contribution in [2.45, 2.75) is 6.92 Å². The molecule has 0 radical (unpaired) electrons. The van der Waals surface area contributed by atoms with Crippen LogP contribution in [0.2, 0.25) is 0 Å². The van der Waals surface area contributed by atoms with Gasteiger partial charge in [0, 0.05) is 12.5 Å². The van der Waals surface area contributed by atoms with Gasteiger partial charge in [-0.15, -0.1) is 0 Å². The number of Topliss-reactive ketones (excluding diaryl/α,β-unsaturated/α-hetero) is 1. The third-order valence-corrected chi connectivity index (χ3v) is 2.66. The van der Waals surface area contributed by atoms with Gasteiger partial charge in [-0.25, -0.2) is 0 Å². The van der Waals surface area contributed by atoms with E-state index in [1.165, 1.54) is 33.3 Å². The third-order valence-electron chi connectivity index (χ3n) is 2.15. The predicted octanol–water partition coefficient (Wildman–Crippen LogP) is 2.21. The van der Waals surface area contributed by atoms with E-state index in [-0.39, 0.29) is 28.4 Å². The smallest absolute Gasteiger partial charge is 0.308 e. The SMILES string of the molecule is COc1cc(C(=O)CBr)cc(OC)c1OC(C)=O. The second-order valence-corrected chi connectivity index (χ2v) is 3.92. The Balaban J connectivity index is 3.33. The zero-order chi connectivity index (χ0) is 13.7. The Kier molecular flexibility index (Phi) is 5.15. The second-order valence-electron chi connectivity index (χ2n) is 3.36. The van der Waals surface area contributed by atoms with E-state index in [1.807, 2.05) is 0 Å². The summed E-state index contributed by atoms with van der Waals surface area (Å²) >= 11 is 3.09. The van der Waals surface area contributed by atoms with E-state index in [1.54, 1.807) is 0 Å². The Morgan fingerprint density at radius 2 is 1.67 bits per heavy atom. The van der Waals surface area contributed by atoms with E-state index in [2.05, 4.69) is 15.9 Å². The minimum atomic E-state index is -0.494. The number of esters is 1. The second kappa shape index (κ2) is 6.39. The first-order valence-corrected chi connectivity index (χ1v) is 6.19. The van der Waals surface area contributed by atoms with Crippen LogP contribution in [0, 0.1) is 0 Å². The summed E-state index contributed by atoms with van der Waals surface area (Å²) < 4.78 is 15.2. The van der Waals surface area contributed by atoms with Crippen LogP contribution in [0.4, 0.5) is 0 Å². The maximum Gasteiger partial charge on any atom is 0.308 e. The first kappa shape index (κ1) is 14.5. The molecule has 0 fully saturated rings. The van der Waals surface area contributed by atoms with Crippen LogP contribution >= 0.6 is 15.9 Å². The summed E-state index contributed by atoms with van der Waals surface area (Å²) in [6.45, 7) is 1.27. The van der Waals surface area contributed by atoms with Crippen molar-refractivity contribution in [2.75, 3.05) is 19.5 Å². The summed E-state index contributed by atoms with van der Waals surface area (Å²) in [5, 5.41) is 0.187. The Hall–Kier alpha value is -1.56. The maximum absolute atomic E-state index is 11.6. The average Bonchev–Trinajstić information content (AvgIpc) is 2.37. The molecule has 0 aliphatic rings. The van der Waals surface area contributed by atoms with Gasteiger partial charge in [0.15, 0.2) is 17.3 Å². The van der Waals surface area contributed by atoms with Gasteiger partial charge in [-0.3, -0.25) is 9.59 Å². The molecule has 0 aromatic heterocycles. The van der Waals surface area contributed by atoms with E-state index < -0.39 is 5.97 Å². The summed E-state index contributed by atoms with van der Waals surface area (Å²) in [6, 6.07) is 3.01. The van der Waals surface area contributed by atoms with Gasteiger partial charge in [-0.05, 0) is 12.1 Å². The molecule has 0 aliphatic heterocycles. The monoisotopic (exact) mass is 316 g/mol. The van der Waals surface area contributed by atoms with Gasteiger partial charge in [0.2, 0.25) is 5.75 Å². The number of rotatable bonds is 5. The summed E-state index contributed by atoms with van der Waals surface area (Å²) in [5.74, 6) is 0.0912. The fraction of sp³-hybridized carbons (Fsp3) is 0.333. The number of ether oxygens (including phenoxy) is 3. The van der Waals surface area contributed by atoms with Crippen LogP contribution in [0.1, 0.15) is 17.3 Å². The lowest BCUT2D eigenvalue weighted by atomic mass is 10.1. The average molecular weight is 317 g/mol. The molecule has 0 amide bonds. The molecule has 0 N–H and O–H groups in total. The van der Waals surface area contributed by atoms with Gasteiger partial charge in [0.1, 0.15) is 0 Å². The number of ketones is 1. The minimum Gasteiger partial charge on any atom is -0.493 e. The molecule has 0 saturated heterocycles. The Morgan fingerprint density at radius 3 is 2.00 bits per heavy atom. The van der Waals surface area contributed by atoms with Crippen molar-refractivity contribution in [1.29, 1.82) is 0 Å². The van der Waals surface area contributed by atoms with Crippen molar-refractivity contribution in [3.8, 4) is 17.2 Å². The lowest BCUT2D eigenvalue weighted by Gasteiger charge is -2.13. The molecular weight excluding hydrogens is 304 g/mol. The van der Waals surface area contributed by atoms with E-state index in [9.17, 15) is 9.59 Å². The molecule has 0 saturated carbocycles. The number of carbonyl (C=O) groups is 2. The summed E-state index contributed by atoms with van der Waals surface area (Å²) in [4.78, 5) is 22.6. The van der Waals surface area contributed by atoms with Crippen LogP contribution in [-0.2, 0) is 4.79 Å². The molecule has 1 rings (SSSR count). The summed E-state index contributed by atoms with van der Waals surface area (Å²) in [6.07, 6.45) is 0. The number of hydrogen-bond acceptors (Lipinski definition) is 5. The van der Waals surface area contributed by atoms with Crippen molar-refractivity contribution in [1.82, 2.24) is 0 Å². The van der Waals surface area contributed by atoms with Gasteiger partial charge >= 0.3 is 5.97 Å². The van der Waals surface area contributed by atoms with Crippen molar-refractivity contribution < 1.29 is 23.8 Å². The van der Waals surface area contributed by atoms with Gasteiger partial charge in [-0.2, -0.15) is 0 Å². The Bertz CT molecular complexity index is 445. The van der Waals surface area contributed by atoms with Crippen LogP contribution in [-0.4, -0.2) is 31.3 Å². The quantitative estimate of drug-likeness (QED) is 0.361. The molecule has 0 spiro atoms. The van der Waals surface area contributed by atoms with Crippen LogP contribution in [0.3, 0.4) is 0 Å². The summed E-state index contributed by atoms with van der Waals surface area (Å²) in [5.41, 5.74) is 0.413. The van der Waals surface area contributed by atoms with Crippen molar-refractivity contribution >= 4 is 27.7 Å². The first-order valence-electron chi connectivity index (χ1n) is 5.07. The molecule has 5 nitrogen and oxygen atoms in total. The van der Waals surface area contributed by atoms with Gasteiger partial charge in [-0.1, -0.05) is 15.9 Å². The molecule has 0 aliphatic carbocycles. The van der Waals surface area contributed by atoms with Crippen molar-refractivity contribution in [2.24, 2.45) is 0 Å². The molecule has 0 atom stereocenters. The fourth-order valence-corrected chi connectivity index (χ4v) is 1.69. The number of alkyl halides is 1. The normalized spacial score (nSPS) is 9.78. The highest BCUT2D eigenvalue weighted by molar-refractivity contribution is 9.09. The third kappa shape index (κ3) is 3.22. The maximum atomic E-state index is 11.6. The topological polar surface area (TPSA) is 61.8 Å². The summed E-state index contributed by atoms with van der Waals surface area (Å²) in [7, 11) is 2.84. The molecular formula is C12H13BrO5. The minimum absolute atomic E-state index is 0.124. The highest BCUT2D eigenvalue weighted by Gasteiger charge is 2.18. The van der Waals surface area contributed by atoms with Crippen LogP contribution < -0.4 is 14.2 Å². The molecule has 1 aromatic rings. The molecule has 6 heteroatoms. The number of hydrogen-bond donors (Lipinski definition) is 0. The fourth-order valence-electron chi connectivity index (χ4n) is 1.36. The number of halogens is 1. The van der Waals surface area contributed by atoms with Crippen molar-refractivity contribution in [3.05, 3.63) is 17.7 Å². The zero-order valence-electron chi connectivity index (χ0n) is 10.3. The Labute approximate surface area is 113 Å². The molecule has 0 unspecified atom stereocenters. The van der Waals surface area contributed by atoms with Crippen molar-refractivity contribution in [3.63, 3.8) is 0 Å². The van der Waals surface area contributed by atoms with E-state index >= 15 is 0 Å². The molecule has 18 heavy (non-hydrogen) atoms. The molecule has 1 aromatic carbocycles. The van der Waals surface area contributed by atoms with Gasteiger partial charge in [0.05, 0.1) is 19.5 Å². The number of benzene rings is 1. The first-order chi connectivity index (χ1) is 8.53. The molecule has 0 bridgehead atoms. The lowest BCUT2D eigenvalue weighted by molar-refractivity contribution is -0.132. The Morgan fingerprint density at radius 1 is 1.17 bits per heavy atom. The van der Waals surface area contributed by atoms with Gasteiger partial charge < -0.3 is 14.2 Å². The van der Waals surface area contributed by atoms with Crippen LogP contribution in [0.25, 0.3) is 0 Å². The molecule has 98 valence electrons. The van der Waals surface area contributed by atoms with Crippen LogP contribution in [0.15, 0.2) is 12.1 Å². The highest BCUT2D eigenvalue weighted by Crippen LogP contribution is 2.38. The van der Waals surface area contributed by atoms with E-state index in [0.29, 0.717) is 5.56 Å². The lowest BCUT2D eigenvalue weighted by Crippen LogP contribution is -2.07. The molecule has 0 heterocycles. The predicted molar refractivity (Wildman–Crippen MR) is 69.0 cm³/mol. The standard InChI is InChI=1S/C12H13BrO5/c1-7(14)18-12-10(16-2)4-8(9(15)6-13)5-11(12)17-3/h4-5H,6H2,1-3H3. The largest absolute Gasteiger partial charge is 0.493 e. The highest BCUT2D eigenvalue weighted by atomic mass is 79.9. The zero-order valence-corrected chi connectivity index (χ0v) is 11.9. The van der Waals surface area contributed by atoms with Crippen LogP contribution in [0.5, 0.6) is 17.2 Å². The van der Waals surface area contributed by atoms with Gasteiger partial charge in [0.25, 0.3) is 0 Å². The van der Waals surface area contributed by atoms with E-state index in [0.717, 1.165) is 0 Å². The van der Waals surface area contributed by atoms with E-state index in [4.69, 9.17) is 14.2 Å². The number of methoxy groups -OCH3 is 2.